The standard InChI is InChI=1S/C17H24N8/c1-24-6-8-25(9-7-24)11-14-3-2-12-10-13(4-5-15(12)21-14)22-17(20)23-16(18)19/h2-5,10H,6-9,11H2,1H3,(H6,18,19,20,22,23). The molecule has 2 heterocycles. The molecule has 1 aliphatic heterocycles. The van der Waals surface area contributed by atoms with E-state index < -0.39 is 0 Å². The first-order valence-corrected chi connectivity index (χ1v) is 8.24. The maximum Gasteiger partial charge on any atom is 0.223 e. The van der Waals surface area contributed by atoms with Crippen LogP contribution in [0.1, 0.15) is 5.69 Å². The summed E-state index contributed by atoms with van der Waals surface area (Å²) in [7, 11) is 2.16. The van der Waals surface area contributed by atoms with E-state index in [2.05, 4.69) is 39.0 Å². The largest absolute Gasteiger partial charge is 0.370 e. The number of aliphatic imine (C=N–C) groups is 2. The smallest absolute Gasteiger partial charge is 0.223 e. The van der Waals surface area contributed by atoms with Crippen LogP contribution in [-0.4, -0.2) is 59.9 Å². The van der Waals surface area contributed by atoms with Gasteiger partial charge in [-0.2, -0.15) is 4.99 Å². The fourth-order valence-electron chi connectivity index (χ4n) is 2.84. The summed E-state index contributed by atoms with van der Waals surface area (Å²) in [5, 5.41) is 1.00. The molecule has 8 nitrogen and oxygen atoms in total. The molecule has 0 atom stereocenters. The van der Waals surface area contributed by atoms with Crippen molar-refractivity contribution in [3.63, 3.8) is 0 Å². The van der Waals surface area contributed by atoms with Crippen LogP contribution >= 0.6 is 0 Å². The van der Waals surface area contributed by atoms with Crippen molar-refractivity contribution >= 4 is 28.5 Å². The third-order valence-corrected chi connectivity index (χ3v) is 4.20. The van der Waals surface area contributed by atoms with Crippen LogP contribution in [0.25, 0.3) is 10.9 Å². The summed E-state index contributed by atoms with van der Waals surface area (Å²) in [5.74, 6) is -0.0868. The number of hydrogen-bond donors (Lipinski definition) is 3. The summed E-state index contributed by atoms with van der Waals surface area (Å²) >= 11 is 0. The average Bonchev–Trinajstić information content (AvgIpc) is 2.56. The molecule has 1 aromatic heterocycles. The van der Waals surface area contributed by atoms with Crippen molar-refractivity contribution in [1.82, 2.24) is 14.8 Å². The quantitative estimate of drug-likeness (QED) is 0.542. The Balaban J connectivity index is 1.76. The minimum atomic E-state index is -0.114. The van der Waals surface area contributed by atoms with Gasteiger partial charge in [-0.3, -0.25) is 9.88 Å². The van der Waals surface area contributed by atoms with E-state index in [1.807, 2.05) is 18.2 Å². The lowest BCUT2D eigenvalue weighted by Gasteiger charge is -2.32. The van der Waals surface area contributed by atoms with Crippen molar-refractivity contribution in [2.45, 2.75) is 6.54 Å². The molecule has 132 valence electrons. The van der Waals surface area contributed by atoms with Crippen molar-refractivity contribution in [1.29, 1.82) is 0 Å². The molecular formula is C17H24N8. The molecule has 3 rings (SSSR count). The monoisotopic (exact) mass is 340 g/mol. The van der Waals surface area contributed by atoms with Crippen LogP contribution < -0.4 is 17.2 Å². The topological polar surface area (TPSA) is 122 Å². The maximum atomic E-state index is 5.67. The number of guanidine groups is 2. The SMILES string of the molecule is CN1CCN(Cc2ccc3cc(N=C(N)N=C(N)N)ccc3n2)CC1. The Kier molecular flexibility index (Phi) is 5.11. The van der Waals surface area contributed by atoms with Gasteiger partial charge in [0.2, 0.25) is 5.96 Å². The first-order valence-electron chi connectivity index (χ1n) is 8.24. The van der Waals surface area contributed by atoms with Gasteiger partial charge in [0.05, 0.1) is 16.9 Å². The van der Waals surface area contributed by atoms with Gasteiger partial charge in [0, 0.05) is 38.1 Å². The molecule has 0 radical (unpaired) electrons. The summed E-state index contributed by atoms with van der Waals surface area (Å²) in [5.41, 5.74) is 18.9. The number of piperazine rings is 1. The minimum Gasteiger partial charge on any atom is -0.370 e. The Labute approximate surface area is 147 Å². The first kappa shape index (κ1) is 17.1. The molecule has 6 N–H and O–H groups in total. The Hall–Kier alpha value is -2.71. The van der Waals surface area contributed by atoms with Gasteiger partial charge >= 0.3 is 0 Å². The van der Waals surface area contributed by atoms with Crippen molar-refractivity contribution in [3.8, 4) is 0 Å². The lowest BCUT2D eigenvalue weighted by Crippen LogP contribution is -2.43. The van der Waals surface area contributed by atoms with E-state index in [4.69, 9.17) is 22.2 Å². The Morgan fingerprint density at radius 3 is 2.56 bits per heavy atom. The lowest BCUT2D eigenvalue weighted by atomic mass is 10.1. The fourth-order valence-corrected chi connectivity index (χ4v) is 2.84. The van der Waals surface area contributed by atoms with Crippen LogP contribution in [-0.2, 0) is 6.54 Å². The zero-order valence-corrected chi connectivity index (χ0v) is 14.4. The zero-order valence-electron chi connectivity index (χ0n) is 14.4. The predicted molar refractivity (Wildman–Crippen MR) is 102 cm³/mol. The number of nitrogens with zero attached hydrogens (tertiary/aromatic N) is 5. The predicted octanol–water partition coefficient (Wildman–Crippen LogP) is 0.202. The van der Waals surface area contributed by atoms with Crippen molar-refractivity contribution < 1.29 is 0 Å². The number of likely N-dealkylation sites (N-methyl/N-ethyl adjacent to an activating group) is 1. The van der Waals surface area contributed by atoms with Crippen molar-refractivity contribution in [2.75, 3.05) is 33.2 Å². The van der Waals surface area contributed by atoms with Crippen LogP contribution in [0, 0.1) is 0 Å². The van der Waals surface area contributed by atoms with Crippen LogP contribution in [0.3, 0.4) is 0 Å². The molecule has 0 spiro atoms. The van der Waals surface area contributed by atoms with Gasteiger partial charge < -0.3 is 22.1 Å². The third-order valence-electron chi connectivity index (χ3n) is 4.20. The molecule has 8 heteroatoms. The molecule has 0 aliphatic carbocycles. The van der Waals surface area contributed by atoms with Crippen LogP contribution in [0.4, 0.5) is 5.69 Å². The number of benzene rings is 1. The Morgan fingerprint density at radius 2 is 1.84 bits per heavy atom. The molecule has 1 aromatic carbocycles. The minimum absolute atomic E-state index is 0.0268. The summed E-state index contributed by atoms with van der Waals surface area (Å²) < 4.78 is 0. The fraction of sp³-hybridized carbons (Fsp3) is 0.353. The lowest BCUT2D eigenvalue weighted by molar-refractivity contribution is 0.147. The third kappa shape index (κ3) is 4.65. The van der Waals surface area contributed by atoms with Crippen molar-refractivity contribution in [3.05, 3.63) is 36.0 Å². The van der Waals surface area contributed by atoms with Crippen LogP contribution in [0.5, 0.6) is 0 Å². The van der Waals surface area contributed by atoms with E-state index in [-0.39, 0.29) is 11.9 Å². The van der Waals surface area contributed by atoms with E-state index >= 15 is 0 Å². The number of aromatic nitrogens is 1. The highest BCUT2D eigenvalue weighted by Gasteiger charge is 2.14. The van der Waals surface area contributed by atoms with E-state index in [1.165, 1.54) is 0 Å². The van der Waals surface area contributed by atoms with E-state index in [1.54, 1.807) is 0 Å². The number of hydrogen-bond acceptors (Lipinski definition) is 4. The molecule has 0 bridgehead atoms. The molecule has 1 aliphatic rings. The van der Waals surface area contributed by atoms with E-state index in [0.717, 1.165) is 49.3 Å². The second-order valence-corrected chi connectivity index (χ2v) is 6.27. The highest BCUT2D eigenvalue weighted by atomic mass is 15.2. The van der Waals surface area contributed by atoms with Gasteiger partial charge in [-0.25, -0.2) is 4.99 Å². The molecule has 0 amide bonds. The summed E-state index contributed by atoms with van der Waals surface area (Å²) in [6.07, 6.45) is 0. The normalized spacial score (nSPS) is 16.9. The second-order valence-electron chi connectivity index (χ2n) is 6.27. The van der Waals surface area contributed by atoms with Gasteiger partial charge in [0.25, 0.3) is 0 Å². The van der Waals surface area contributed by atoms with E-state index in [9.17, 15) is 0 Å². The van der Waals surface area contributed by atoms with Crippen LogP contribution in [0.15, 0.2) is 40.3 Å². The molecule has 0 unspecified atom stereocenters. The van der Waals surface area contributed by atoms with Gasteiger partial charge in [-0.05, 0) is 31.3 Å². The highest BCUT2D eigenvalue weighted by Crippen LogP contribution is 2.21. The molecule has 2 aromatic rings. The second kappa shape index (κ2) is 7.45. The molecule has 1 saturated heterocycles. The van der Waals surface area contributed by atoms with Gasteiger partial charge in [0.1, 0.15) is 0 Å². The zero-order chi connectivity index (χ0) is 17.8. The molecule has 0 saturated carbocycles. The van der Waals surface area contributed by atoms with Crippen LogP contribution in [0.2, 0.25) is 0 Å². The van der Waals surface area contributed by atoms with E-state index in [0.29, 0.717) is 5.69 Å². The first-order chi connectivity index (χ1) is 12.0. The van der Waals surface area contributed by atoms with Gasteiger partial charge in [-0.15, -0.1) is 0 Å². The average molecular weight is 340 g/mol. The summed E-state index contributed by atoms with van der Waals surface area (Å²) in [6, 6.07) is 9.82. The molecular weight excluding hydrogens is 316 g/mol. The number of pyridine rings is 1. The summed E-state index contributed by atoms with van der Waals surface area (Å²) in [6.45, 7) is 5.24. The number of fused-ring (bicyclic) bond motifs is 1. The van der Waals surface area contributed by atoms with Gasteiger partial charge in [0.15, 0.2) is 5.96 Å². The van der Waals surface area contributed by atoms with Gasteiger partial charge in [-0.1, -0.05) is 6.07 Å². The Bertz CT molecular complexity index is 801. The number of rotatable bonds is 3. The summed E-state index contributed by atoms with van der Waals surface area (Å²) in [4.78, 5) is 17.4. The molecule has 1 fully saturated rings. The number of nitrogens with two attached hydrogens (primary N) is 3. The molecule has 25 heavy (non-hydrogen) atoms. The highest BCUT2D eigenvalue weighted by molar-refractivity contribution is 5.94. The maximum absolute atomic E-state index is 5.67. The Morgan fingerprint density at radius 1 is 1.08 bits per heavy atom. The van der Waals surface area contributed by atoms with Crippen molar-refractivity contribution in [2.24, 2.45) is 27.2 Å².